The Balaban J connectivity index is 2.00. The van der Waals surface area contributed by atoms with E-state index in [1.54, 1.807) is 0 Å². The maximum Gasteiger partial charge on any atom is 0.109 e. The summed E-state index contributed by atoms with van der Waals surface area (Å²) in [5.74, 6) is 2.01. The van der Waals surface area contributed by atoms with Crippen molar-refractivity contribution in [3.05, 3.63) is 29.1 Å². The van der Waals surface area contributed by atoms with E-state index in [0.29, 0.717) is 0 Å². The number of aryl methyl sites for hydroxylation is 3. The molecule has 1 atom stereocenters. The number of nitrogens with zero attached hydrogens (tertiary/aromatic N) is 2. The highest BCUT2D eigenvalue weighted by Crippen LogP contribution is 2.24. The van der Waals surface area contributed by atoms with Crippen LogP contribution in [0.4, 0.5) is 0 Å². The summed E-state index contributed by atoms with van der Waals surface area (Å²) in [4.78, 5) is 4.91. The first-order valence-electron chi connectivity index (χ1n) is 8.36. The van der Waals surface area contributed by atoms with Crippen LogP contribution in [0.2, 0.25) is 0 Å². The molecule has 0 amide bonds. The quantitative estimate of drug-likeness (QED) is 0.930. The fourth-order valence-corrected chi connectivity index (χ4v) is 3.39. The van der Waals surface area contributed by atoms with Gasteiger partial charge >= 0.3 is 0 Å². The third kappa shape index (κ3) is 2.98. The fourth-order valence-electron chi connectivity index (χ4n) is 3.39. The Labute approximate surface area is 127 Å². The second kappa shape index (κ2) is 6.18. The van der Waals surface area contributed by atoms with Crippen molar-refractivity contribution in [2.75, 3.05) is 13.1 Å². The van der Waals surface area contributed by atoms with Crippen molar-refractivity contribution >= 4 is 11.0 Å². The number of aromatic nitrogens is 2. The van der Waals surface area contributed by atoms with Crippen molar-refractivity contribution in [2.24, 2.45) is 5.92 Å². The molecule has 1 fully saturated rings. The summed E-state index contributed by atoms with van der Waals surface area (Å²) in [5, 5.41) is 3.53. The minimum absolute atomic E-state index is 0.744. The number of piperidine rings is 1. The van der Waals surface area contributed by atoms with Crippen LogP contribution >= 0.6 is 0 Å². The molecule has 3 heteroatoms. The molecule has 0 bridgehead atoms. The normalized spacial score (nSPS) is 19.3. The van der Waals surface area contributed by atoms with E-state index in [4.69, 9.17) is 4.98 Å². The maximum atomic E-state index is 4.91. The number of nitrogens with one attached hydrogen (secondary N) is 1. The zero-order valence-corrected chi connectivity index (χ0v) is 13.6. The van der Waals surface area contributed by atoms with Gasteiger partial charge in [0.1, 0.15) is 5.82 Å². The van der Waals surface area contributed by atoms with Crippen molar-refractivity contribution in [1.82, 2.24) is 14.9 Å². The van der Waals surface area contributed by atoms with Crippen LogP contribution in [0, 0.1) is 19.8 Å². The summed E-state index contributed by atoms with van der Waals surface area (Å²) in [6, 6.07) is 4.58. The number of hydrogen-bond acceptors (Lipinski definition) is 2. The Morgan fingerprint density at radius 3 is 2.81 bits per heavy atom. The number of benzene rings is 1. The van der Waals surface area contributed by atoms with Gasteiger partial charge in [0.25, 0.3) is 0 Å². The van der Waals surface area contributed by atoms with Crippen LogP contribution in [0.15, 0.2) is 12.1 Å². The van der Waals surface area contributed by atoms with Gasteiger partial charge in [-0.15, -0.1) is 0 Å². The van der Waals surface area contributed by atoms with Gasteiger partial charge in [0.15, 0.2) is 0 Å². The average molecular weight is 285 g/mol. The topological polar surface area (TPSA) is 29.9 Å². The smallest absolute Gasteiger partial charge is 0.109 e. The van der Waals surface area contributed by atoms with Crippen LogP contribution in [0.5, 0.6) is 0 Å². The molecule has 1 N–H and O–H groups in total. The molecule has 1 aliphatic heterocycles. The monoisotopic (exact) mass is 285 g/mol. The summed E-state index contributed by atoms with van der Waals surface area (Å²) < 4.78 is 2.49. The van der Waals surface area contributed by atoms with E-state index in [0.717, 1.165) is 31.8 Å². The van der Waals surface area contributed by atoms with Crippen LogP contribution in [0.25, 0.3) is 11.0 Å². The molecule has 1 aliphatic rings. The van der Waals surface area contributed by atoms with Gasteiger partial charge in [-0.1, -0.05) is 6.92 Å². The van der Waals surface area contributed by atoms with Crippen LogP contribution < -0.4 is 5.32 Å². The van der Waals surface area contributed by atoms with Crippen molar-refractivity contribution in [1.29, 1.82) is 0 Å². The zero-order chi connectivity index (χ0) is 14.8. The predicted molar refractivity (Wildman–Crippen MR) is 88.8 cm³/mol. The number of imidazole rings is 1. The molecule has 3 rings (SSSR count). The summed E-state index contributed by atoms with van der Waals surface area (Å²) in [6.07, 6.45) is 4.87. The molecular formula is C18H27N3. The largest absolute Gasteiger partial charge is 0.328 e. The minimum Gasteiger partial charge on any atom is -0.328 e. The Kier molecular flexibility index (Phi) is 4.29. The molecule has 0 saturated carbocycles. The molecule has 1 aromatic carbocycles. The summed E-state index contributed by atoms with van der Waals surface area (Å²) in [5.41, 5.74) is 5.21. The SMILES string of the molecule is CCCc1nc2cc(C)c(C)cc2n1CC1CCCNC1. The molecular weight excluding hydrogens is 258 g/mol. The van der Waals surface area contributed by atoms with Crippen LogP contribution in [0.3, 0.4) is 0 Å². The first kappa shape index (κ1) is 14.6. The standard InChI is InChI=1S/C18H27N3/c1-4-6-18-20-16-9-13(2)14(3)10-17(16)21(18)12-15-7-5-8-19-11-15/h9-10,15,19H,4-8,11-12H2,1-3H3. The van der Waals surface area contributed by atoms with Crippen molar-refractivity contribution in [3.63, 3.8) is 0 Å². The summed E-state index contributed by atoms with van der Waals surface area (Å²) >= 11 is 0. The molecule has 0 aliphatic carbocycles. The second-order valence-corrected chi connectivity index (χ2v) is 6.53. The first-order valence-corrected chi connectivity index (χ1v) is 8.36. The van der Waals surface area contributed by atoms with Gasteiger partial charge in [-0.3, -0.25) is 0 Å². The third-order valence-electron chi connectivity index (χ3n) is 4.76. The Morgan fingerprint density at radius 2 is 2.10 bits per heavy atom. The Hall–Kier alpha value is -1.35. The molecule has 114 valence electrons. The molecule has 0 radical (unpaired) electrons. The molecule has 2 heterocycles. The lowest BCUT2D eigenvalue weighted by Crippen LogP contribution is -2.32. The number of hydrogen-bond donors (Lipinski definition) is 1. The highest BCUT2D eigenvalue weighted by Gasteiger charge is 2.18. The first-order chi connectivity index (χ1) is 10.2. The lowest BCUT2D eigenvalue weighted by Gasteiger charge is -2.24. The predicted octanol–water partition coefficient (Wildman–Crippen LogP) is 3.61. The lowest BCUT2D eigenvalue weighted by molar-refractivity contribution is 0.336. The molecule has 0 spiro atoms. The highest BCUT2D eigenvalue weighted by molar-refractivity contribution is 5.78. The molecule has 1 aromatic heterocycles. The molecule has 2 aromatic rings. The van der Waals surface area contributed by atoms with Gasteiger partial charge in [-0.2, -0.15) is 0 Å². The van der Waals surface area contributed by atoms with E-state index in [9.17, 15) is 0 Å². The molecule has 3 nitrogen and oxygen atoms in total. The van der Waals surface area contributed by atoms with Gasteiger partial charge in [-0.05, 0) is 75.4 Å². The van der Waals surface area contributed by atoms with E-state index in [1.807, 2.05) is 0 Å². The summed E-state index contributed by atoms with van der Waals surface area (Å²) in [7, 11) is 0. The van der Waals surface area contributed by atoms with Crippen molar-refractivity contribution in [3.8, 4) is 0 Å². The maximum absolute atomic E-state index is 4.91. The van der Waals surface area contributed by atoms with Gasteiger partial charge in [-0.25, -0.2) is 4.98 Å². The van der Waals surface area contributed by atoms with E-state index in [-0.39, 0.29) is 0 Å². The molecule has 21 heavy (non-hydrogen) atoms. The molecule has 1 unspecified atom stereocenters. The number of rotatable bonds is 4. The summed E-state index contributed by atoms with van der Waals surface area (Å²) in [6.45, 7) is 10.1. The molecule has 1 saturated heterocycles. The Bertz CT molecular complexity index is 621. The van der Waals surface area contributed by atoms with E-state index in [2.05, 4.69) is 42.8 Å². The third-order valence-corrected chi connectivity index (χ3v) is 4.76. The van der Waals surface area contributed by atoms with Gasteiger partial charge in [0.2, 0.25) is 0 Å². The minimum atomic E-state index is 0.744. The Morgan fingerprint density at radius 1 is 1.29 bits per heavy atom. The van der Waals surface area contributed by atoms with E-state index < -0.39 is 0 Å². The highest BCUT2D eigenvalue weighted by atomic mass is 15.1. The van der Waals surface area contributed by atoms with E-state index >= 15 is 0 Å². The second-order valence-electron chi connectivity index (χ2n) is 6.53. The van der Waals surface area contributed by atoms with Gasteiger partial charge in [0.05, 0.1) is 11.0 Å². The lowest BCUT2D eigenvalue weighted by atomic mass is 9.99. The van der Waals surface area contributed by atoms with Crippen LogP contribution in [-0.2, 0) is 13.0 Å². The van der Waals surface area contributed by atoms with Crippen LogP contribution in [0.1, 0.15) is 43.1 Å². The van der Waals surface area contributed by atoms with Crippen molar-refractivity contribution < 1.29 is 0 Å². The zero-order valence-electron chi connectivity index (χ0n) is 13.6. The fraction of sp³-hybridized carbons (Fsp3) is 0.611. The number of fused-ring (bicyclic) bond motifs is 1. The average Bonchev–Trinajstić information content (AvgIpc) is 2.79. The van der Waals surface area contributed by atoms with Gasteiger partial charge < -0.3 is 9.88 Å². The van der Waals surface area contributed by atoms with Crippen LogP contribution in [-0.4, -0.2) is 22.6 Å². The van der Waals surface area contributed by atoms with Crippen molar-refractivity contribution in [2.45, 2.75) is 53.0 Å². The van der Waals surface area contributed by atoms with E-state index in [1.165, 1.54) is 47.4 Å². The van der Waals surface area contributed by atoms with Gasteiger partial charge in [0, 0.05) is 13.0 Å².